The third-order valence-electron chi connectivity index (χ3n) is 4.45. The molecule has 1 heterocycles. The van der Waals surface area contributed by atoms with Crippen LogP contribution >= 0.6 is 0 Å². The fourth-order valence-corrected chi connectivity index (χ4v) is 3.42. The van der Waals surface area contributed by atoms with Crippen molar-refractivity contribution in [2.45, 2.75) is 57.5 Å². The number of rotatable bonds is 4. The third-order valence-corrected chi connectivity index (χ3v) is 4.45. The van der Waals surface area contributed by atoms with E-state index in [-0.39, 0.29) is 24.3 Å². The number of alkyl carbamates (subject to hydrolysis) is 1. The van der Waals surface area contributed by atoms with Gasteiger partial charge in [-0.1, -0.05) is 30.3 Å². The van der Waals surface area contributed by atoms with E-state index in [1.54, 1.807) is 0 Å². The highest BCUT2D eigenvalue weighted by Crippen LogP contribution is 2.39. The number of fused-ring (bicyclic) bond motifs is 1. The van der Waals surface area contributed by atoms with Crippen LogP contribution in [0, 0.1) is 5.92 Å². The molecule has 1 saturated heterocycles. The van der Waals surface area contributed by atoms with Gasteiger partial charge in [0.1, 0.15) is 5.60 Å². The maximum absolute atomic E-state index is 12.1. The molecule has 2 N–H and O–H groups in total. The summed E-state index contributed by atoms with van der Waals surface area (Å²) in [6, 6.07) is 10.5. The first-order valence-corrected chi connectivity index (χ1v) is 8.32. The van der Waals surface area contributed by atoms with E-state index >= 15 is 0 Å². The summed E-state index contributed by atoms with van der Waals surface area (Å²) in [4.78, 5) is 12.1. The smallest absolute Gasteiger partial charge is 0.407 e. The Labute approximate surface area is 137 Å². The average molecular weight is 318 g/mol. The number of nitrogens with one attached hydrogen (secondary N) is 2. The van der Waals surface area contributed by atoms with Gasteiger partial charge in [0.05, 0.1) is 18.2 Å². The maximum atomic E-state index is 12.1. The van der Waals surface area contributed by atoms with E-state index in [1.807, 2.05) is 39.0 Å². The van der Waals surface area contributed by atoms with E-state index in [2.05, 4.69) is 22.8 Å². The monoisotopic (exact) mass is 318 g/mol. The van der Waals surface area contributed by atoms with Crippen molar-refractivity contribution in [1.82, 2.24) is 10.6 Å². The van der Waals surface area contributed by atoms with Crippen LogP contribution in [0.3, 0.4) is 0 Å². The molecule has 2 fully saturated rings. The lowest BCUT2D eigenvalue weighted by Gasteiger charge is -2.48. The van der Waals surface area contributed by atoms with Gasteiger partial charge in [0.15, 0.2) is 0 Å². The number of amides is 1. The van der Waals surface area contributed by atoms with Crippen molar-refractivity contribution in [3.63, 3.8) is 0 Å². The van der Waals surface area contributed by atoms with Crippen LogP contribution in [0.15, 0.2) is 30.3 Å². The molecule has 0 spiro atoms. The topological polar surface area (TPSA) is 59.6 Å². The van der Waals surface area contributed by atoms with E-state index in [9.17, 15) is 4.79 Å². The fraction of sp³-hybridized carbons (Fsp3) is 0.611. The summed E-state index contributed by atoms with van der Waals surface area (Å²) in [6.45, 7) is 7.16. The molecule has 1 aliphatic heterocycles. The first-order chi connectivity index (χ1) is 10.9. The second kappa shape index (κ2) is 6.49. The molecule has 126 valence electrons. The van der Waals surface area contributed by atoms with E-state index in [0.29, 0.717) is 5.92 Å². The number of carbonyl (C=O) groups excluding carboxylic acids is 1. The van der Waals surface area contributed by atoms with Gasteiger partial charge in [-0.3, -0.25) is 0 Å². The Bertz CT molecular complexity index is 541. The van der Waals surface area contributed by atoms with Crippen LogP contribution in [0.2, 0.25) is 0 Å². The highest BCUT2D eigenvalue weighted by Gasteiger charge is 2.54. The van der Waals surface area contributed by atoms with Gasteiger partial charge in [0.25, 0.3) is 0 Å². The minimum Gasteiger partial charge on any atom is -0.444 e. The Morgan fingerprint density at radius 3 is 2.70 bits per heavy atom. The predicted molar refractivity (Wildman–Crippen MR) is 88.1 cm³/mol. The number of carbonyl (C=O) groups is 1. The Morgan fingerprint density at radius 2 is 2.00 bits per heavy atom. The lowest BCUT2D eigenvalue weighted by molar-refractivity contribution is -0.0344. The van der Waals surface area contributed by atoms with Crippen LogP contribution < -0.4 is 10.6 Å². The lowest BCUT2D eigenvalue weighted by Crippen LogP contribution is -2.70. The zero-order chi connectivity index (χ0) is 16.4. The van der Waals surface area contributed by atoms with Gasteiger partial charge in [0, 0.05) is 19.1 Å². The number of ether oxygens (including phenoxy) is 2. The summed E-state index contributed by atoms with van der Waals surface area (Å²) in [5, 5.41) is 6.56. The van der Waals surface area contributed by atoms with Crippen molar-refractivity contribution >= 4 is 6.09 Å². The first kappa shape index (κ1) is 16.3. The molecule has 1 saturated carbocycles. The van der Waals surface area contributed by atoms with Crippen LogP contribution in [0.4, 0.5) is 4.79 Å². The molecule has 23 heavy (non-hydrogen) atoms. The van der Waals surface area contributed by atoms with Gasteiger partial charge in [-0.25, -0.2) is 4.79 Å². The first-order valence-electron chi connectivity index (χ1n) is 8.32. The molecule has 5 nitrogen and oxygen atoms in total. The van der Waals surface area contributed by atoms with Crippen LogP contribution in [0.5, 0.6) is 0 Å². The minimum atomic E-state index is -0.480. The maximum Gasteiger partial charge on any atom is 0.407 e. The SMILES string of the molecule is CC(C)(C)OC(=O)NC1C2CCOC2C1NCc1ccccc1. The average Bonchev–Trinajstić information content (AvgIpc) is 2.89. The summed E-state index contributed by atoms with van der Waals surface area (Å²) in [5.74, 6) is 0.385. The van der Waals surface area contributed by atoms with Gasteiger partial charge < -0.3 is 20.1 Å². The second-order valence-corrected chi connectivity index (χ2v) is 7.35. The molecule has 5 heteroatoms. The van der Waals surface area contributed by atoms with E-state index in [1.165, 1.54) is 5.56 Å². The summed E-state index contributed by atoms with van der Waals surface area (Å²) in [7, 11) is 0. The summed E-state index contributed by atoms with van der Waals surface area (Å²) >= 11 is 0. The molecule has 2 aliphatic rings. The van der Waals surface area contributed by atoms with E-state index in [4.69, 9.17) is 9.47 Å². The molecular weight excluding hydrogens is 292 g/mol. The molecule has 3 rings (SSSR count). The lowest BCUT2D eigenvalue weighted by atomic mass is 9.71. The van der Waals surface area contributed by atoms with Gasteiger partial charge >= 0.3 is 6.09 Å². The van der Waals surface area contributed by atoms with Crippen molar-refractivity contribution in [3.8, 4) is 0 Å². The molecule has 4 atom stereocenters. The summed E-state index contributed by atoms with van der Waals surface area (Å²) in [5.41, 5.74) is 0.747. The summed E-state index contributed by atoms with van der Waals surface area (Å²) < 4.78 is 11.2. The zero-order valence-electron chi connectivity index (χ0n) is 14.0. The zero-order valence-corrected chi connectivity index (χ0v) is 14.0. The van der Waals surface area contributed by atoms with Crippen molar-refractivity contribution in [2.75, 3.05) is 6.61 Å². The van der Waals surface area contributed by atoms with Crippen LogP contribution in [-0.4, -0.2) is 36.5 Å². The molecule has 1 amide bonds. The standard InChI is InChI=1S/C18H26N2O3/c1-18(2,3)23-17(21)20-14-13-9-10-22-16(13)15(14)19-11-12-7-5-4-6-8-12/h4-8,13-16,19H,9-11H2,1-3H3,(H,20,21). The van der Waals surface area contributed by atoms with E-state index in [0.717, 1.165) is 19.6 Å². The van der Waals surface area contributed by atoms with Crippen molar-refractivity contribution in [2.24, 2.45) is 5.92 Å². The molecule has 1 aliphatic carbocycles. The highest BCUT2D eigenvalue weighted by molar-refractivity contribution is 5.68. The van der Waals surface area contributed by atoms with Crippen LogP contribution in [0.1, 0.15) is 32.8 Å². The largest absolute Gasteiger partial charge is 0.444 e. The van der Waals surface area contributed by atoms with Gasteiger partial charge in [-0.05, 0) is 32.8 Å². The molecule has 1 aromatic carbocycles. The van der Waals surface area contributed by atoms with Crippen LogP contribution in [0.25, 0.3) is 0 Å². The number of hydrogen-bond donors (Lipinski definition) is 2. The predicted octanol–water partition coefficient (Wildman–Crippen LogP) is 2.46. The van der Waals surface area contributed by atoms with Gasteiger partial charge in [-0.15, -0.1) is 0 Å². The molecule has 0 aromatic heterocycles. The molecule has 0 bridgehead atoms. The fourth-order valence-electron chi connectivity index (χ4n) is 3.42. The Morgan fingerprint density at radius 1 is 1.26 bits per heavy atom. The second-order valence-electron chi connectivity index (χ2n) is 7.35. The molecule has 1 aromatic rings. The molecule has 0 radical (unpaired) electrons. The Balaban J connectivity index is 1.58. The van der Waals surface area contributed by atoms with Crippen molar-refractivity contribution in [1.29, 1.82) is 0 Å². The normalized spacial score (nSPS) is 29.5. The quantitative estimate of drug-likeness (QED) is 0.895. The Hall–Kier alpha value is -1.59. The number of hydrogen-bond acceptors (Lipinski definition) is 4. The molecule has 4 unspecified atom stereocenters. The van der Waals surface area contributed by atoms with Crippen molar-refractivity contribution < 1.29 is 14.3 Å². The highest BCUT2D eigenvalue weighted by atomic mass is 16.6. The van der Waals surface area contributed by atoms with Crippen LogP contribution in [-0.2, 0) is 16.0 Å². The van der Waals surface area contributed by atoms with Gasteiger partial charge in [0.2, 0.25) is 0 Å². The van der Waals surface area contributed by atoms with Gasteiger partial charge in [-0.2, -0.15) is 0 Å². The number of benzene rings is 1. The minimum absolute atomic E-state index is 0.0704. The van der Waals surface area contributed by atoms with E-state index < -0.39 is 5.60 Å². The Kier molecular flexibility index (Phi) is 4.60. The summed E-state index contributed by atoms with van der Waals surface area (Å²) in [6.07, 6.45) is 0.840. The van der Waals surface area contributed by atoms with Crippen molar-refractivity contribution in [3.05, 3.63) is 35.9 Å². The third kappa shape index (κ3) is 3.85. The molecular formula is C18H26N2O3.